The molecular weight excluding hydrogens is 194 g/mol. The van der Waals surface area contributed by atoms with Crippen molar-refractivity contribution >= 4 is 0 Å². The number of fused-ring (bicyclic) bond motifs is 1. The fourth-order valence-corrected chi connectivity index (χ4v) is 2.80. The van der Waals surface area contributed by atoms with Crippen LogP contribution in [0, 0.1) is 5.92 Å². The van der Waals surface area contributed by atoms with Gasteiger partial charge >= 0.3 is 0 Å². The Morgan fingerprint density at radius 2 is 1.75 bits per heavy atom. The van der Waals surface area contributed by atoms with Crippen molar-refractivity contribution in [3.8, 4) is 0 Å². The molecule has 90 valence electrons. The van der Waals surface area contributed by atoms with Crippen LogP contribution in [0.4, 0.5) is 0 Å². The van der Waals surface area contributed by atoms with Crippen molar-refractivity contribution in [1.29, 1.82) is 0 Å². The fraction of sp³-hybridized carbons (Fsp3) is 0.600. The van der Waals surface area contributed by atoms with Crippen molar-refractivity contribution < 1.29 is 0 Å². The van der Waals surface area contributed by atoms with E-state index in [9.17, 15) is 0 Å². The molecule has 0 saturated heterocycles. The Balaban J connectivity index is 0.000000606. The predicted octanol–water partition coefficient (Wildman–Crippen LogP) is 3.68. The highest BCUT2D eigenvalue weighted by Gasteiger charge is 2.37. The molecule has 0 aliphatic heterocycles. The molecule has 0 aromatic heterocycles. The molecule has 0 fully saturated rings. The van der Waals surface area contributed by atoms with Gasteiger partial charge in [-0.25, -0.2) is 0 Å². The Bertz CT molecular complexity index is 339. The lowest BCUT2D eigenvalue weighted by atomic mass is 9.84. The molecule has 1 heteroatoms. The highest BCUT2D eigenvalue weighted by atomic mass is 14.4. The van der Waals surface area contributed by atoms with Crippen LogP contribution in [0.1, 0.15) is 51.2 Å². The second-order valence-electron chi connectivity index (χ2n) is 5.53. The molecule has 0 heterocycles. The van der Waals surface area contributed by atoms with Crippen molar-refractivity contribution in [3.63, 3.8) is 0 Å². The normalized spacial score (nSPS) is 21.3. The molecular formula is C15H25N. The lowest BCUT2D eigenvalue weighted by Crippen LogP contribution is -2.13. The highest BCUT2D eigenvalue weighted by Crippen LogP contribution is 2.48. The van der Waals surface area contributed by atoms with Gasteiger partial charge in [-0.2, -0.15) is 0 Å². The van der Waals surface area contributed by atoms with Crippen molar-refractivity contribution in [2.75, 3.05) is 7.05 Å². The summed E-state index contributed by atoms with van der Waals surface area (Å²) >= 11 is 0. The van der Waals surface area contributed by atoms with Crippen LogP contribution in [-0.4, -0.2) is 7.05 Å². The van der Waals surface area contributed by atoms with E-state index in [-0.39, 0.29) is 0 Å². The first-order valence-corrected chi connectivity index (χ1v) is 6.19. The molecule has 1 aromatic carbocycles. The first-order valence-electron chi connectivity index (χ1n) is 6.19. The van der Waals surface area contributed by atoms with Gasteiger partial charge in [-0.05, 0) is 41.8 Å². The molecule has 1 aliphatic rings. The molecule has 1 aliphatic carbocycles. The summed E-state index contributed by atoms with van der Waals surface area (Å²) in [6.45, 7) is 9.41. The van der Waals surface area contributed by atoms with Gasteiger partial charge < -0.3 is 5.73 Å². The second-order valence-corrected chi connectivity index (χ2v) is 5.53. The van der Waals surface area contributed by atoms with Crippen LogP contribution in [0.15, 0.2) is 24.3 Å². The van der Waals surface area contributed by atoms with Crippen LogP contribution < -0.4 is 5.73 Å². The van der Waals surface area contributed by atoms with E-state index in [0.717, 1.165) is 11.8 Å². The first kappa shape index (κ1) is 13.2. The van der Waals surface area contributed by atoms with Crippen molar-refractivity contribution in [3.05, 3.63) is 35.4 Å². The Morgan fingerprint density at radius 1 is 1.19 bits per heavy atom. The minimum absolute atomic E-state index is 0.380. The lowest BCUT2D eigenvalue weighted by Gasteiger charge is -2.20. The predicted molar refractivity (Wildman–Crippen MR) is 71.8 cm³/mol. The Labute approximate surface area is 100 Å². The topological polar surface area (TPSA) is 26.0 Å². The van der Waals surface area contributed by atoms with Gasteiger partial charge in [0.1, 0.15) is 0 Å². The summed E-state index contributed by atoms with van der Waals surface area (Å²) in [6, 6.07) is 8.96. The van der Waals surface area contributed by atoms with E-state index >= 15 is 0 Å². The number of hydrogen-bond donors (Lipinski definition) is 1. The smallest absolute Gasteiger partial charge is 0.00948 e. The fourth-order valence-electron chi connectivity index (χ4n) is 2.80. The standard InChI is InChI=1S/C14H20.CH5N/c1-10(2)12-9-14(3,4)13-8-6-5-7-11(12)13;1-2/h5-8,10,12H,9H2,1-4H3;2H2,1H3. The zero-order valence-electron chi connectivity index (χ0n) is 11.2. The van der Waals surface area contributed by atoms with E-state index in [2.05, 4.69) is 57.7 Å². The molecule has 0 radical (unpaired) electrons. The molecule has 1 aromatic rings. The maximum Gasteiger partial charge on any atom is -0.00948 e. The third-order valence-corrected chi connectivity index (χ3v) is 3.62. The SMILES string of the molecule is CC(C)C1CC(C)(C)c2ccccc21.CN. The zero-order chi connectivity index (χ0) is 12.3. The van der Waals surface area contributed by atoms with Gasteiger partial charge in [0, 0.05) is 0 Å². The third-order valence-electron chi connectivity index (χ3n) is 3.62. The summed E-state index contributed by atoms with van der Waals surface area (Å²) in [7, 11) is 1.50. The third kappa shape index (κ3) is 2.30. The van der Waals surface area contributed by atoms with Crippen LogP contribution >= 0.6 is 0 Å². The Morgan fingerprint density at radius 3 is 2.31 bits per heavy atom. The van der Waals surface area contributed by atoms with Gasteiger partial charge in [0.2, 0.25) is 0 Å². The quantitative estimate of drug-likeness (QED) is 0.766. The first-order chi connectivity index (χ1) is 7.52. The zero-order valence-corrected chi connectivity index (χ0v) is 11.2. The Kier molecular flexibility index (Phi) is 4.15. The van der Waals surface area contributed by atoms with Crippen molar-refractivity contribution in [2.24, 2.45) is 11.7 Å². The molecule has 1 nitrogen and oxygen atoms in total. The number of rotatable bonds is 1. The van der Waals surface area contributed by atoms with Gasteiger partial charge in [0.15, 0.2) is 0 Å². The van der Waals surface area contributed by atoms with Gasteiger partial charge in [0.05, 0.1) is 0 Å². The number of benzene rings is 1. The van der Waals surface area contributed by atoms with E-state index in [1.165, 1.54) is 13.5 Å². The van der Waals surface area contributed by atoms with Crippen molar-refractivity contribution in [2.45, 2.75) is 45.4 Å². The van der Waals surface area contributed by atoms with E-state index in [1.807, 2.05) is 0 Å². The van der Waals surface area contributed by atoms with Crippen LogP contribution in [0.2, 0.25) is 0 Å². The maximum atomic E-state index is 4.50. The summed E-state index contributed by atoms with van der Waals surface area (Å²) in [4.78, 5) is 0. The molecule has 1 atom stereocenters. The van der Waals surface area contributed by atoms with Crippen LogP contribution in [0.25, 0.3) is 0 Å². The molecule has 2 rings (SSSR count). The van der Waals surface area contributed by atoms with E-state index in [4.69, 9.17) is 0 Å². The monoisotopic (exact) mass is 219 g/mol. The molecule has 0 amide bonds. The second kappa shape index (κ2) is 5.01. The highest BCUT2D eigenvalue weighted by molar-refractivity contribution is 5.41. The van der Waals surface area contributed by atoms with Gasteiger partial charge in [-0.1, -0.05) is 52.0 Å². The van der Waals surface area contributed by atoms with Crippen LogP contribution in [-0.2, 0) is 5.41 Å². The number of nitrogens with two attached hydrogens (primary N) is 1. The van der Waals surface area contributed by atoms with Crippen LogP contribution in [0.3, 0.4) is 0 Å². The summed E-state index contributed by atoms with van der Waals surface area (Å²) in [5, 5.41) is 0. The molecule has 16 heavy (non-hydrogen) atoms. The summed E-state index contributed by atoms with van der Waals surface area (Å²) in [5.74, 6) is 1.53. The van der Waals surface area contributed by atoms with E-state index < -0.39 is 0 Å². The van der Waals surface area contributed by atoms with E-state index in [1.54, 1.807) is 11.1 Å². The van der Waals surface area contributed by atoms with Crippen LogP contribution in [0.5, 0.6) is 0 Å². The Hall–Kier alpha value is -0.820. The minimum Gasteiger partial charge on any atom is -0.333 e. The average Bonchev–Trinajstić information content (AvgIpc) is 2.55. The van der Waals surface area contributed by atoms with Gasteiger partial charge in [-0.3, -0.25) is 0 Å². The van der Waals surface area contributed by atoms with Gasteiger partial charge in [0.25, 0.3) is 0 Å². The molecule has 0 saturated carbocycles. The lowest BCUT2D eigenvalue weighted by molar-refractivity contribution is 0.409. The summed E-state index contributed by atoms with van der Waals surface area (Å²) in [5.41, 5.74) is 8.04. The van der Waals surface area contributed by atoms with Gasteiger partial charge in [-0.15, -0.1) is 0 Å². The average molecular weight is 219 g/mol. The largest absolute Gasteiger partial charge is 0.333 e. The summed E-state index contributed by atoms with van der Waals surface area (Å²) < 4.78 is 0. The molecule has 0 bridgehead atoms. The molecule has 0 spiro atoms. The summed E-state index contributed by atoms with van der Waals surface area (Å²) in [6.07, 6.45) is 1.31. The molecule has 2 N–H and O–H groups in total. The maximum absolute atomic E-state index is 4.50. The number of hydrogen-bond acceptors (Lipinski definition) is 1. The minimum atomic E-state index is 0.380. The van der Waals surface area contributed by atoms with E-state index in [0.29, 0.717) is 5.41 Å². The van der Waals surface area contributed by atoms with Crippen molar-refractivity contribution in [1.82, 2.24) is 0 Å². The molecule has 1 unspecified atom stereocenters.